The van der Waals surface area contributed by atoms with Crippen molar-refractivity contribution in [2.24, 2.45) is 5.92 Å². The average Bonchev–Trinajstić information content (AvgIpc) is 2.94. The van der Waals surface area contributed by atoms with E-state index in [9.17, 15) is 14.4 Å². The molecule has 3 amide bonds. The molecule has 0 unspecified atom stereocenters. The minimum atomic E-state index is -1.17. The highest BCUT2D eigenvalue weighted by molar-refractivity contribution is 6.07. The molecule has 1 saturated carbocycles. The van der Waals surface area contributed by atoms with Gasteiger partial charge in [-0.1, -0.05) is 25.7 Å². The van der Waals surface area contributed by atoms with Gasteiger partial charge in [0.25, 0.3) is 5.91 Å². The second kappa shape index (κ2) is 8.44. The first-order valence-corrected chi connectivity index (χ1v) is 7.41. The summed E-state index contributed by atoms with van der Waals surface area (Å²) in [6, 6.07) is -0.580. The van der Waals surface area contributed by atoms with Gasteiger partial charge in [0.05, 0.1) is 0 Å². The molecular formula is C15H24N2O4. The fourth-order valence-electron chi connectivity index (χ4n) is 2.46. The first-order chi connectivity index (χ1) is 9.91. The molecule has 0 aromatic carbocycles. The molecule has 0 aromatic heterocycles. The van der Waals surface area contributed by atoms with E-state index in [1.807, 2.05) is 0 Å². The number of aliphatic carboxylic acids is 1. The SMILES string of the molecule is CC(C(=O)O)=C(C)C(=O)NC(=O)NCCCC1CCCC1. The topological polar surface area (TPSA) is 95.5 Å². The van der Waals surface area contributed by atoms with Crippen LogP contribution in [0.4, 0.5) is 4.79 Å². The van der Waals surface area contributed by atoms with Crippen LogP contribution in [0.3, 0.4) is 0 Å². The third kappa shape index (κ3) is 5.97. The molecule has 0 bridgehead atoms. The number of carbonyl (C=O) groups excluding carboxylic acids is 2. The summed E-state index contributed by atoms with van der Waals surface area (Å²) in [4.78, 5) is 33.9. The summed E-state index contributed by atoms with van der Waals surface area (Å²) >= 11 is 0. The molecule has 6 nitrogen and oxygen atoms in total. The Kier molecular flexibility index (Phi) is 6.91. The molecule has 21 heavy (non-hydrogen) atoms. The summed E-state index contributed by atoms with van der Waals surface area (Å²) in [5.41, 5.74) is -0.0369. The zero-order chi connectivity index (χ0) is 15.8. The molecule has 1 aliphatic carbocycles. The van der Waals surface area contributed by atoms with Gasteiger partial charge in [0.1, 0.15) is 0 Å². The minimum Gasteiger partial charge on any atom is -0.478 e. The lowest BCUT2D eigenvalue weighted by molar-refractivity contribution is -0.133. The summed E-state index contributed by atoms with van der Waals surface area (Å²) in [6.07, 6.45) is 7.18. The number of urea groups is 1. The van der Waals surface area contributed by atoms with E-state index in [0.29, 0.717) is 6.54 Å². The second-order valence-corrected chi connectivity index (χ2v) is 5.56. The Labute approximate surface area is 125 Å². The third-order valence-corrected chi connectivity index (χ3v) is 4.00. The van der Waals surface area contributed by atoms with Crippen molar-refractivity contribution in [2.45, 2.75) is 52.4 Å². The molecule has 3 N–H and O–H groups in total. The number of nitrogens with one attached hydrogen (secondary N) is 2. The van der Waals surface area contributed by atoms with Crippen LogP contribution < -0.4 is 10.6 Å². The largest absolute Gasteiger partial charge is 0.478 e. The lowest BCUT2D eigenvalue weighted by atomic mass is 10.0. The van der Waals surface area contributed by atoms with Crippen LogP contribution in [0.15, 0.2) is 11.1 Å². The molecule has 0 aliphatic heterocycles. The number of carboxylic acids is 1. The van der Waals surface area contributed by atoms with Gasteiger partial charge in [0, 0.05) is 17.7 Å². The maximum atomic E-state index is 11.6. The fraction of sp³-hybridized carbons (Fsp3) is 0.667. The summed E-state index contributed by atoms with van der Waals surface area (Å²) in [6.45, 7) is 3.24. The lowest BCUT2D eigenvalue weighted by Crippen LogP contribution is -2.40. The molecule has 0 saturated heterocycles. The van der Waals surface area contributed by atoms with Crippen LogP contribution >= 0.6 is 0 Å². The molecular weight excluding hydrogens is 272 g/mol. The molecule has 0 radical (unpaired) electrons. The van der Waals surface area contributed by atoms with Crippen LogP contribution in [0.2, 0.25) is 0 Å². The van der Waals surface area contributed by atoms with E-state index >= 15 is 0 Å². The van der Waals surface area contributed by atoms with Crippen molar-refractivity contribution >= 4 is 17.9 Å². The van der Waals surface area contributed by atoms with E-state index in [4.69, 9.17) is 5.11 Å². The van der Waals surface area contributed by atoms with Crippen molar-refractivity contribution in [3.05, 3.63) is 11.1 Å². The number of carbonyl (C=O) groups is 3. The van der Waals surface area contributed by atoms with Gasteiger partial charge in [-0.05, 0) is 32.6 Å². The zero-order valence-corrected chi connectivity index (χ0v) is 12.7. The van der Waals surface area contributed by atoms with Gasteiger partial charge >= 0.3 is 12.0 Å². The van der Waals surface area contributed by atoms with Crippen molar-refractivity contribution in [2.75, 3.05) is 6.54 Å². The smallest absolute Gasteiger partial charge is 0.331 e. The minimum absolute atomic E-state index is 0.0311. The maximum absolute atomic E-state index is 11.6. The number of hydrogen-bond acceptors (Lipinski definition) is 3. The number of carboxylic acid groups (broad SMARTS) is 1. The van der Waals surface area contributed by atoms with Crippen LogP contribution in [0.5, 0.6) is 0 Å². The van der Waals surface area contributed by atoms with Crippen molar-refractivity contribution in [3.8, 4) is 0 Å². The third-order valence-electron chi connectivity index (χ3n) is 4.00. The number of imide groups is 1. The van der Waals surface area contributed by atoms with Gasteiger partial charge in [-0.3, -0.25) is 10.1 Å². The maximum Gasteiger partial charge on any atom is 0.331 e. The van der Waals surface area contributed by atoms with Crippen molar-refractivity contribution in [3.63, 3.8) is 0 Å². The van der Waals surface area contributed by atoms with Crippen molar-refractivity contribution in [1.82, 2.24) is 10.6 Å². The summed E-state index contributed by atoms with van der Waals surface area (Å²) in [7, 11) is 0. The Morgan fingerprint density at radius 2 is 1.71 bits per heavy atom. The highest BCUT2D eigenvalue weighted by Crippen LogP contribution is 2.28. The molecule has 6 heteroatoms. The normalized spacial score (nSPS) is 16.3. The van der Waals surface area contributed by atoms with Gasteiger partial charge in [-0.25, -0.2) is 9.59 Å². The van der Waals surface area contributed by atoms with E-state index in [1.165, 1.54) is 39.5 Å². The standard InChI is InChI=1S/C15H24N2O4/c1-10(11(2)14(19)20)13(18)17-15(21)16-9-5-8-12-6-3-4-7-12/h12H,3-9H2,1-2H3,(H,19,20)(H2,16,17,18,21). The Balaban J connectivity index is 2.25. The summed E-state index contributed by atoms with van der Waals surface area (Å²) < 4.78 is 0. The Bertz CT molecular complexity index is 437. The monoisotopic (exact) mass is 296 g/mol. The predicted molar refractivity (Wildman–Crippen MR) is 78.7 cm³/mol. The Hall–Kier alpha value is -1.85. The quantitative estimate of drug-likeness (QED) is 0.517. The van der Waals surface area contributed by atoms with E-state index in [1.54, 1.807) is 0 Å². The highest BCUT2D eigenvalue weighted by atomic mass is 16.4. The Morgan fingerprint density at radius 3 is 2.29 bits per heavy atom. The van der Waals surface area contributed by atoms with E-state index in [0.717, 1.165) is 18.8 Å². The first kappa shape index (κ1) is 17.2. The van der Waals surface area contributed by atoms with E-state index in [-0.39, 0.29) is 11.1 Å². The average molecular weight is 296 g/mol. The number of hydrogen-bond donors (Lipinski definition) is 3. The number of amides is 3. The van der Waals surface area contributed by atoms with E-state index < -0.39 is 17.9 Å². The van der Waals surface area contributed by atoms with E-state index in [2.05, 4.69) is 10.6 Å². The van der Waals surface area contributed by atoms with Gasteiger partial charge < -0.3 is 10.4 Å². The van der Waals surface area contributed by atoms with Crippen LogP contribution in [0.1, 0.15) is 52.4 Å². The Morgan fingerprint density at radius 1 is 1.10 bits per heavy atom. The first-order valence-electron chi connectivity index (χ1n) is 7.41. The molecule has 118 valence electrons. The molecule has 0 aromatic rings. The molecule has 1 aliphatic rings. The highest BCUT2D eigenvalue weighted by Gasteiger charge is 2.16. The van der Waals surface area contributed by atoms with Crippen molar-refractivity contribution in [1.29, 1.82) is 0 Å². The van der Waals surface area contributed by atoms with Gasteiger partial charge in [-0.2, -0.15) is 0 Å². The molecule has 1 fully saturated rings. The van der Waals surface area contributed by atoms with Gasteiger partial charge in [0.2, 0.25) is 0 Å². The van der Waals surface area contributed by atoms with Crippen LogP contribution in [-0.4, -0.2) is 29.6 Å². The lowest BCUT2D eigenvalue weighted by Gasteiger charge is -2.10. The number of rotatable bonds is 6. The molecule has 0 spiro atoms. The zero-order valence-electron chi connectivity index (χ0n) is 12.7. The summed E-state index contributed by atoms with van der Waals surface area (Å²) in [5.74, 6) is -1.07. The molecule has 0 atom stereocenters. The van der Waals surface area contributed by atoms with Gasteiger partial charge in [0.15, 0.2) is 0 Å². The van der Waals surface area contributed by atoms with Crippen molar-refractivity contribution < 1.29 is 19.5 Å². The van der Waals surface area contributed by atoms with Crippen LogP contribution in [0.25, 0.3) is 0 Å². The molecule has 1 rings (SSSR count). The second-order valence-electron chi connectivity index (χ2n) is 5.56. The predicted octanol–water partition coefficient (Wildman–Crippen LogP) is 2.20. The van der Waals surface area contributed by atoms with Crippen LogP contribution in [-0.2, 0) is 9.59 Å². The molecule has 0 heterocycles. The summed E-state index contributed by atoms with van der Waals surface area (Å²) in [5, 5.41) is 13.5. The van der Waals surface area contributed by atoms with Crippen LogP contribution in [0, 0.1) is 5.92 Å². The van der Waals surface area contributed by atoms with Gasteiger partial charge in [-0.15, -0.1) is 0 Å². The fourth-order valence-corrected chi connectivity index (χ4v) is 2.46.